The van der Waals surface area contributed by atoms with Crippen molar-refractivity contribution in [2.45, 2.75) is 25.3 Å². The largest absolute Gasteiger partial charge is 0.297 e. The fourth-order valence-electron chi connectivity index (χ4n) is 5.00. The summed E-state index contributed by atoms with van der Waals surface area (Å²) in [6, 6.07) is 31.5. The van der Waals surface area contributed by atoms with Crippen LogP contribution in [0.1, 0.15) is 49.9 Å². The number of carbonyl (C=O) groups is 2. The molecule has 4 aromatic carbocycles. The first-order chi connectivity index (χ1) is 16.9. The Hall–Kier alpha value is -3.82. The van der Waals surface area contributed by atoms with E-state index in [1.807, 2.05) is 105 Å². The zero-order valence-electron chi connectivity index (χ0n) is 20.4. The molecule has 0 aliphatic heterocycles. The van der Waals surface area contributed by atoms with Crippen LogP contribution >= 0.6 is 0 Å². The third-order valence-corrected chi connectivity index (χ3v) is 7.31. The van der Waals surface area contributed by atoms with Gasteiger partial charge in [-0.3, -0.25) is 14.5 Å². The molecule has 0 amide bonds. The second kappa shape index (κ2) is 9.09. The average molecular weight is 460 g/mol. The minimum absolute atomic E-state index is 0.0304. The number of hydrogen-bond acceptors (Lipinski definition) is 3. The Labute approximate surface area is 207 Å². The topological polar surface area (TPSA) is 37.4 Å². The van der Waals surface area contributed by atoms with Gasteiger partial charge < -0.3 is 0 Å². The van der Waals surface area contributed by atoms with Crippen molar-refractivity contribution in [3.05, 3.63) is 130 Å². The van der Waals surface area contributed by atoms with E-state index in [0.717, 1.165) is 39.8 Å². The van der Waals surface area contributed by atoms with Gasteiger partial charge in [0.05, 0.1) is 5.54 Å². The third-order valence-electron chi connectivity index (χ3n) is 7.31. The molecule has 0 radical (unpaired) electrons. The predicted molar refractivity (Wildman–Crippen MR) is 141 cm³/mol. The highest BCUT2D eigenvalue weighted by Crippen LogP contribution is 2.38. The Morgan fingerprint density at radius 3 is 1.86 bits per heavy atom. The molecule has 3 nitrogen and oxygen atoms in total. The van der Waals surface area contributed by atoms with Crippen LogP contribution in [0.5, 0.6) is 0 Å². The molecule has 0 aromatic heterocycles. The SMILES string of the molecule is CN(C)C(C)(Cc1ccccc1)C(=O)c1ccc2c(c1)Cc1cc(C(=O)c3ccccc3)ccc1-2. The quantitative estimate of drug-likeness (QED) is 0.271. The first kappa shape index (κ1) is 22.9. The van der Waals surface area contributed by atoms with Crippen molar-refractivity contribution in [2.24, 2.45) is 0 Å². The molecule has 0 saturated carbocycles. The molecule has 0 fully saturated rings. The molecule has 35 heavy (non-hydrogen) atoms. The second-order valence-electron chi connectivity index (χ2n) is 9.78. The number of fused-ring (bicyclic) bond motifs is 3. The Morgan fingerprint density at radius 1 is 0.714 bits per heavy atom. The number of nitrogens with zero attached hydrogens (tertiary/aromatic N) is 1. The van der Waals surface area contributed by atoms with Crippen molar-refractivity contribution >= 4 is 11.6 Å². The maximum Gasteiger partial charge on any atom is 0.193 e. The van der Waals surface area contributed by atoms with Crippen LogP contribution in [-0.4, -0.2) is 36.1 Å². The van der Waals surface area contributed by atoms with Crippen molar-refractivity contribution in [3.63, 3.8) is 0 Å². The second-order valence-corrected chi connectivity index (χ2v) is 9.78. The molecule has 1 unspecified atom stereocenters. The Balaban J connectivity index is 1.43. The number of benzene rings is 4. The number of likely N-dealkylation sites (N-methyl/N-ethyl adjacent to an activating group) is 1. The summed E-state index contributed by atoms with van der Waals surface area (Å²) in [6.07, 6.45) is 1.36. The lowest BCUT2D eigenvalue weighted by molar-refractivity contribution is 0.0719. The van der Waals surface area contributed by atoms with E-state index in [9.17, 15) is 9.59 Å². The number of rotatable bonds is 7. The van der Waals surface area contributed by atoms with Crippen molar-refractivity contribution in [3.8, 4) is 11.1 Å². The normalized spacial score (nSPS) is 13.7. The fraction of sp³-hybridized carbons (Fsp3) is 0.188. The molecule has 0 saturated heterocycles. The molecular formula is C32H29NO2. The Bertz CT molecular complexity index is 1410. The van der Waals surface area contributed by atoms with Gasteiger partial charge in [0.25, 0.3) is 0 Å². The summed E-state index contributed by atoms with van der Waals surface area (Å²) in [6.45, 7) is 2.02. The number of hydrogen-bond donors (Lipinski definition) is 0. The highest BCUT2D eigenvalue weighted by atomic mass is 16.1. The minimum atomic E-state index is -0.656. The molecule has 174 valence electrons. The van der Waals surface area contributed by atoms with E-state index in [-0.39, 0.29) is 11.6 Å². The molecule has 4 aromatic rings. The third kappa shape index (κ3) is 4.24. The first-order valence-corrected chi connectivity index (χ1v) is 12.0. The van der Waals surface area contributed by atoms with E-state index < -0.39 is 5.54 Å². The smallest absolute Gasteiger partial charge is 0.193 e. The molecular weight excluding hydrogens is 430 g/mol. The van der Waals surface area contributed by atoms with Gasteiger partial charge in [-0.15, -0.1) is 0 Å². The summed E-state index contributed by atoms with van der Waals surface area (Å²) >= 11 is 0. The van der Waals surface area contributed by atoms with Gasteiger partial charge in [0.15, 0.2) is 11.6 Å². The highest BCUT2D eigenvalue weighted by Gasteiger charge is 2.37. The first-order valence-electron chi connectivity index (χ1n) is 12.0. The van der Waals surface area contributed by atoms with Crippen LogP contribution in [0.3, 0.4) is 0 Å². The zero-order chi connectivity index (χ0) is 24.6. The van der Waals surface area contributed by atoms with Crippen LogP contribution in [0.4, 0.5) is 0 Å². The maximum atomic E-state index is 13.8. The molecule has 0 spiro atoms. The van der Waals surface area contributed by atoms with Gasteiger partial charge in [0.1, 0.15) is 0 Å². The van der Waals surface area contributed by atoms with E-state index in [4.69, 9.17) is 0 Å². The van der Waals surface area contributed by atoms with E-state index >= 15 is 0 Å². The molecule has 0 bridgehead atoms. The van der Waals surface area contributed by atoms with Crippen LogP contribution in [0.2, 0.25) is 0 Å². The Morgan fingerprint density at radius 2 is 1.26 bits per heavy atom. The van der Waals surface area contributed by atoms with Crippen LogP contribution < -0.4 is 0 Å². The van der Waals surface area contributed by atoms with Gasteiger partial charge >= 0.3 is 0 Å². The van der Waals surface area contributed by atoms with Crippen molar-refractivity contribution < 1.29 is 9.59 Å². The molecule has 5 rings (SSSR count). The van der Waals surface area contributed by atoms with Crippen LogP contribution in [0.25, 0.3) is 11.1 Å². The summed E-state index contributed by atoms with van der Waals surface area (Å²) in [4.78, 5) is 28.8. The van der Waals surface area contributed by atoms with Crippen LogP contribution in [0, 0.1) is 0 Å². The highest BCUT2D eigenvalue weighted by molar-refractivity contribution is 6.09. The molecule has 1 atom stereocenters. The van der Waals surface area contributed by atoms with Gasteiger partial charge in [0, 0.05) is 16.7 Å². The summed E-state index contributed by atoms with van der Waals surface area (Å²) in [5, 5.41) is 0. The standard InChI is InChI=1S/C32H29NO2/c1-32(33(2)3,21-22-10-6-4-7-11-22)31(35)25-15-17-29-27(19-25)20-26-18-24(14-16-28(26)29)30(34)23-12-8-5-9-13-23/h4-19H,20-21H2,1-3H3. The average Bonchev–Trinajstić information content (AvgIpc) is 3.25. The minimum Gasteiger partial charge on any atom is -0.297 e. The number of ketones is 2. The fourth-order valence-corrected chi connectivity index (χ4v) is 5.00. The van der Waals surface area contributed by atoms with Gasteiger partial charge in [-0.1, -0.05) is 84.9 Å². The monoisotopic (exact) mass is 459 g/mol. The lowest BCUT2D eigenvalue weighted by atomic mass is 9.83. The predicted octanol–water partition coefficient (Wildman–Crippen LogP) is 6.23. The van der Waals surface area contributed by atoms with E-state index in [1.54, 1.807) is 0 Å². The van der Waals surface area contributed by atoms with Crippen LogP contribution in [-0.2, 0) is 12.8 Å². The van der Waals surface area contributed by atoms with E-state index in [0.29, 0.717) is 17.5 Å². The summed E-state index contributed by atoms with van der Waals surface area (Å²) < 4.78 is 0. The van der Waals surface area contributed by atoms with Gasteiger partial charge in [-0.25, -0.2) is 0 Å². The summed E-state index contributed by atoms with van der Waals surface area (Å²) in [5.41, 5.74) is 7.15. The van der Waals surface area contributed by atoms with Crippen molar-refractivity contribution in [1.29, 1.82) is 0 Å². The zero-order valence-corrected chi connectivity index (χ0v) is 20.4. The van der Waals surface area contributed by atoms with Gasteiger partial charge in [0.2, 0.25) is 0 Å². The van der Waals surface area contributed by atoms with Crippen LogP contribution in [0.15, 0.2) is 97.1 Å². The van der Waals surface area contributed by atoms with Gasteiger partial charge in [-0.2, -0.15) is 0 Å². The van der Waals surface area contributed by atoms with Crippen molar-refractivity contribution in [1.82, 2.24) is 4.90 Å². The molecule has 3 heteroatoms. The van der Waals surface area contributed by atoms with Gasteiger partial charge in [-0.05, 0) is 73.8 Å². The molecule has 1 aliphatic carbocycles. The number of Topliss-reactive ketones (excluding diaryl/α,β-unsaturated/α-hetero) is 1. The molecule has 1 aliphatic rings. The van der Waals surface area contributed by atoms with E-state index in [1.165, 1.54) is 0 Å². The molecule has 0 heterocycles. The van der Waals surface area contributed by atoms with Crippen molar-refractivity contribution in [2.75, 3.05) is 14.1 Å². The van der Waals surface area contributed by atoms with E-state index in [2.05, 4.69) is 18.2 Å². The molecule has 0 N–H and O–H groups in total. The summed E-state index contributed by atoms with van der Waals surface area (Å²) in [7, 11) is 3.94. The lowest BCUT2D eigenvalue weighted by Gasteiger charge is -2.35. The number of carbonyl (C=O) groups excluding carboxylic acids is 2. The Kier molecular flexibility index (Phi) is 5.96. The maximum absolute atomic E-state index is 13.8. The lowest BCUT2D eigenvalue weighted by Crippen LogP contribution is -2.50. The summed E-state index contributed by atoms with van der Waals surface area (Å²) in [5.74, 6) is 0.146.